The zero-order valence-corrected chi connectivity index (χ0v) is 10.9. The highest BCUT2D eigenvalue weighted by Gasteiger charge is 2.13. The first kappa shape index (κ1) is 13.2. The van der Waals surface area contributed by atoms with Gasteiger partial charge in [0.05, 0.1) is 24.7 Å². The van der Waals surface area contributed by atoms with Gasteiger partial charge in [0.2, 0.25) is 0 Å². The maximum Gasteiger partial charge on any atom is 0.0951 e. The second kappa shape index (κ2) is 5.46. The molecule has 1 unspecified atom stereocenters. The summed E-state index contributed by atoms with van der Waals surface area (Å²) >= 11 is 0. The number of hydrogen-bond donors (Lipinski definition) is 1. The van der Waals surface area contributed by atoms with Gasteiger partial charge in [0.15, 0.2) is 0 Å². The third-order valence-corrected chi connectivity index (χ3v) is 2.43. The Morgan fingerprint density at radius 3 is 2.75 bits per heavy atom. The molecule has 0 aliphatic rings. The Kier molecular flexibility index (Phi) is 4.50. The van der Waals surface area contributed by atoms with Crippen molar-refractivity contribution in [1.29, 1.82) is 0 Å². The van der Waals surface area contributed by atoms with Crippen LogP contribution >= 0.6 is 0 Å². The average molecular weight is 225 g/mol. The summed E-state index contributed by atoms with van der Waals surface area (Å²) in [6.07, 6.45) is 3.77. The van der Waals surface area contributed by atoms with Crippen molar-refractivity contribution < 1.29 is 4.74 Å². The van der Waals surface area contributed by atoms with Crippen molar-refractivity contribution in [3.05, 3.63) is 18.2 Å². The third-order valence-electron chi connectivity index (χ3n) is 2.43. The molecule has 4 nitrogen and oxygen atoms in total. The Labute approximate surface area is 98.0 Å². The summed E-state index contributed by atoms with van der Waals surface area (Å²) in [5.41, 5.74) is 1.32. The van der Waals surface area contributed by atoms with E-state index in [2.05, 4.69) is 42.6 Å². The van der Waals surface area contributed by atoms with Crippen molar-refractivity contribution in [3.63, 3.8) is 0 Å². The fraction of sp³-hybridized carbons (Fsp3) is 0.750. The van der Waals surface area contributed by atoms with Gasteiger partial charge in [0.1, 0.15) is 0 Å². The predicted octanol–water partition coefficient (Wildman–Crippen LogP) is 1.98. The monoisotopic (exact) mass is 225 g/mol. The van der Waals surface area contributed by atoms with E-state index in [9.17, 15) is 0 Å². The van der Waals surface area contributed by atoms with Gasteiger partial charge in [0.25, 0.3) is 0 Å². The molecular weight excluding hydrogens is 202 g/mol. The van der Waals surface area contributed by atoms with E-state index in [0.717, 1.165) is 6.54 Å². The standard InChI is InChI=1S/C12H23N3O/c1-10(8-16-5)15-9-13-6-11(15)7-14-12(2,3)4/h6,9-10,14H,7-8H2,1-5H3. The lowest BCUT2D eigenvalue weighted by molar-refractivity contribution is 0.160. The number of hydrogen-bond acceptors (Lipinski definition) is 3. The minimum atomic E-state index is 0.125. The lowest BCUT2D eigenvalue weighted by Gasteiger charge is -2.22. The van der Waals surface area contributed by atoms with Crippen molar-refractivity contribution in [2.24, 2.45) is 0 Å². The molecule has 92 valence electrons. The Balaban J connectivity index is 2.63. The summed E-state index contributed by atoms with van der Waals surface area (Å²) in [5, 5.41) is 3.46. The molecule has 0 bridgehead atoms. The number of imidazole rings is 1. The lowest BCUT2D eigenvalue weighted by atomic mass is 10.1. The van der Waals surface area contributed by atoms with E-state index < -0.39 is 0 Å². The van der Waals surface area contributed by atoms with Gasteiger partial charge < -0.3 is 14.6 Å². The summed E-state index contributed by atoms with van der Waals surface area (Å²) in [6.45, 7) is 10.1. The van der Waals surface area contributed by atoms with Crippen molar-refractivity contribution in [2.75, 3.05) is 13.7 Å². The van der Waals surface area contributed by atoms with Crippen LogP contribution in [0.2, 0.25) is 0 Å². The quantitative estimate of drug-likeness (QED) is 0.833. The van der Waals surface area contributed by atoms with Gasteiger partial charge in [-0.1, -0.05) is 0 Å². The second-order valence-corrected chi connectivity index (χ2v) is 5.20. The fourth-order valence-corrected chi connectivity index (χ4v) is 1.54. The molecule has 0 aliphatic heterocycles. The molecule has 1 atom stereocenters. The molecule has 0 radical (unpaired) electrons. The molecular formula is C12H23N3O. The molecule has 0 spiro atoms. The SMILES string of the molecule is COCC(C)n1cncc1CNC(C)(C)C. The minimum absolute atomic E-state index is 0.125. The lowest BCUT2D eigenvalue weighted by Crippen LogP contribution is -2.35. The van der Waals surface area contributed by atoms with Crippen LogP contribution in [0.1, 0.15) is 39.4 Å². The van der Waals surface area contributed by atoms with E-state index in [0.29, 0.717) is 12.6 Å². The van der Waals surface area contributed by atoms with Crippen LogP contribution in [0.15, 0.2) is 12.5 Å². The number of nitrogens with one attached hydrogen (secondary N) is 1. The van der Waals surface area contributed by atoms with E-state index in [1.165, 1.54) is 5.69 Å². The van der Waals surface area contributed by atoms with Crippen LogP contribution in [0.25, 0.3) is 0 Å². The van der Waals surface area contributed by atoms with Gasteiger partial charge in [0, 0.05) is 25.4 Å². The van der Waals surface area contributed by atoms with Gasteiger partial charge in [-0.15, -0.1) is 0 Å². The number of nitrogens with zero attached hydrogens (tertiary/aromatic N) is 2. The molecule has 1 heterocycles. The highest BCUT2D eigenvalue weighted by atomic mass is 16.5. The zero-order valence-electron chi connectivity index (χ0n) is 10.9. The Hall–Kier alpha value is -0.870. The Bertz CT molecular complexity index is 314. The molecule has 0 saturated heterocycles. The summed E-state index contributed by atoms with van der Waals surface area (Å²) in [4.78, 5) is 4.19. The van der Waals surface area contributed by atoms with Crippen molar-refractivity contribution in [1.82, 2.24) is 14.9 Å². The van der Waals surface area contributed by atoms with Crippen LogP contribution in [0.4, 0.5) is 0 Å². The average Bonchev–Trinajstić information content (AvgIpc) is 2.61. The number of aromatic nitrogens is 2. The molecule has 1 aromatic rings. The Morgan fingerprint density at radius 2 is 2.19 bits per heavy atom. The number of methoxy groups -OCH3 is 1. The van der Waals surface area contributed by atoms with Crippen molar-refractivity contribution in [2.45, 2.75) is 45.8 Å². The van der Waals surface area contributed by atoms with Gasteiger partial charge in [-0.3, -0.25) is 0 Å². The fourth-order valence-electron chi connectivity index (χ4n) is 1.54. The molecule has 0 fully saturated rings. The van der Waals surface area contributed by atoms with Gasteiger partial charge >= 0.3 is 0 Å². The maximum atomic E-state index is 5.16. The minimum Gasteiger partial charge on any atom is -0.383 e. The normalized spacial score (nSPS) is 14.1. The molecule has 0 aromatic carbocycles. The Morgan fingerprint density at radius 1 is 1.50 bits per heavy atom. The van der Waals surface area contributed by atoms with Crippen LogP contribution < -0.4 is 5.32 Å². The summed E-state index contributed by atoms with van der Waals surface area (Å²) in [5.74, 6) is 0. The van der Waals surface area contributed by atoms with Crippen molar-refractivity contribution in [3.8, 4) is 0 Å². The topological polar surface area (TPSA) is 39.1 Å². The third kappa shape index (κ3) is 3.94. The zero-order chi connectivity index (χ0) is 12.2. The molecule has 0 aliphatic carbocycles. The molecule has 1 aromatic heterocycles. The number of rotatable bonds is 5. The molecule has 4 heteroatoms. The highest BCUT2D eigenvalue weighted by molar-refractivity contribution is 5.00. The first-order valence-electron chi connectivity index (χ1n) is 5.68. The smallest absolute Gasteiger partial charge is 0.0951 e. The van der Waals surface area contributed by atoms with Crippen molar-refractivity contribution >= 4 is 0 Å². The van der Waals surface area contributed by atoms with E-state index >= 15 is 0 Å². The van der Waals surface area contributed by atoms with Crippen LogP contribution in [0.5, 0.6) is 0 Å². The second-order valence-electron chi connectivity index (χ2n) is 5.20. The predicted molar refractivity (Wildman–Crippen MR) is 65.4 cm³/mol. The van der Waals surface area contributed by atoms with Crippen LogP contribution in [-0.4, -0.2) is 28.8 Å². The van der Waals surface area contributed by atoms with Crippen LogP contribution in [0.3, 0.4) is 0 Å². The van der Waals surface area contributed by atoms with E-state index in [4.69, 9.17) is 4.74 Å². The largest absolute Gasteiger partial charge is 0.383 e. The maximum absolute atomic E-state index is 5.16. The summed E-state index contributed by atoms with van der Waals surface area (Å²) in [7, 11) is 1.72. The highest BCUT2D eigenvalue weighted by Crippen LogP contribution is 2.11. The van der Waals surface area contributed by atoms with E-state index in [-0.39, 0.29) is 5.54 Å². The molecule has 16 heavy (non-hydrogen) atoms. The van der Waals surface area contributed by atoms with Gasteiger partial charge in [-0.25, -0.2) is 4.98 Å². The molecule has 0 saturated carbocycles. The van der Waals surface area contributed by atoms with Crippen LogP contribution in [-0.2, 0) is 11.3 Å². The molecule has 1 N–H and O–H groups in total. The van der Waals surface area contributed by atoms with E-state index in [1.54, 1.807) is 7.11 Å². The molecule has 1 rings (SSSR count). The number of ether oxygens (including phenoxy) is 1. The van der Waals surface area contributed by atoms with Gasteiger partial charge in [-0.05, 0) is 27.7 Å². The molecule has 0 amide bonds. The summed E-state index contributed by atoms with van der Waals surface area (Å²) < 4.78 is 7.31. The van der Waals surface area contributed by atoms with E-state index in [1.807, 2.05) is 12.5 Å². The first-order chi connectivity index (χ1) is 7.44. The van der Waals surface area contributed by atoms with Crippen LogP contribution in [0, 0.1) is 0 Å². The van der Waals surface area contributed by atoms with Gasteiger partial charge in [-0.2, -0.15) is 0 Å². The summed E-state index contributed by atoms with van der Waals surface area (Å²) in [6, 6.07) is 0.323. The first-order valence-corrected chi connectivity index (χ1v) is 5.68.